The normalized spacial score (nSPS) is 10.6. The number of hydrogen-bond acceptors (Lipinski definition) is 2. The fourth-order valence-corrected chi connectivity index (χ4v) is 1.23. The first-order valence-electron chi connectivity index (χ1n) is 4.45. The second-order valence-corrected chi connectivity index (χ2v) is 3.64. The zero-order valence-electron chi connectivity index (χ0n) is 8.67. The van der Waals surface area contributed by atoms with Crippen LogP contribution in [0.1, 0.15) is 15.9 Å². The quantitative estimate of drug-likeness (QED) is 0.686. The van der Waals surface area contributed by atoms with Gasteiger partial charge in [0.1, 0.15) is 5.82 Å². The van der Waals surface area contributed by atoms with E-state index in [1.54, 1.807) is 31.1 Å². The van der Waals surface area contributed by atoms with Gasteiger partial charge in [-0.05, 0) is 33.2 Å². The smallest absolute Gasteiger partial charge is 0.179 e. The Hall–Kier alpha value is -1.22. The molecule has 0 fully saturated rings. The van der Waals surface area contributed by atoms with E-state index in [-0.39, 0.29) is 17.9 Å². The summed E-state index contributed by atoms with van der Waals surface area (Å²) in [5.41, 5.74) is 1.08. The van der Waals surface area contributed by atoms with Gasteiger partial charge in [-0.1, -0.05) is 11.6 Å². The Morgan fingerprint density at radius 2 is 2.07 bits per heavy atom. The highest BCUT2D eigenvalue weighted by Crippen LogP contribution is 2.10. The molecule has 0 spiro atoms. The number of halogens is 1. The summed E-state index contributed by atoms with van der Waals surface area (Å²) < 4.78 is 13.2. The lowest BCUT2D eigenvalue weighted by Gasteiger charge is -2.09. The molecule has 1 aromatic rings. The minimum atomic E-state index is -0.442. The summed E-state index contributed by atoms with van der Waals surface area (Å²) in [4.78, 5) is 13.3. The van der Waals surface area contributed by atoms with Crippen LogP contribution in [0.4, 0.5) is 4.39 Å². The van der Waals surface area contributed by atoms with Crippen LogP contribution in [-0.4, -0.2) is 31.3 Å². The molecule has 0 amide bonds. The Morgan fingerprint density at radius 3 is 2.64 bits per heavy atom. The van der Waals surface area contributed by atoms with Gasteiger partial charge in [-0.15, -0.1) is 0 Å². The average molecular weight is 195 g/mol. The van der Waals surface area contributed by atoms with Gasteiger partial charge in [0, 0.05) is 0 Å². The Balaban J connectivity index is 2.94. The first-order chi connectivity index (χ1) is 6.50. The van der Waals surface area contributed by atoms with Gasteiger partial charge in [-0.3, -0.25) is 4.79 Å². The van der Waals surface area contributed by atoms with E-state index < -0.39 is 5.82 Å². The summed E-state index contributed by atoms with van der Waals surface area (Å²) in [6.45, 7) is 2.08. The molecule has 76 valence electrons. The number of Topliss-reactive ketones (excluding diaryl/α,β-unsaturated/α-hetero) is 1. The van der Waals surface area contributed by atoms with Gasteiger partial charge in [0.05, 0.1) is 12.1 Å². The largest absolute Gasteiger partial charge is 0.302 e. The SMILES string of the molecule is Cc1ccc(F)c(C(=O)CN(C)C)c1. The van der Waals surface area contributed by atoms with Crippen molar-refractivity contribution in [1.82, 2.24) is 4.90 Å². The second kappa shape index (κ2) is 4.33. The minimum absolute atomic E-state index is 0.179. The van der Waals surface area contributed by atoms with Gasteiger partial charge >= 0.3 is 0 Å². The number of carbonyl (C=O) groups excluding carboxylic acids is 1. The van der Waals surface area contributed by atoms with Gasteiger partial charge < -0.3 is 4.90 Å². The van der Waals surface area contributed by atoms with E-state index >= 15 is 0 Å². The monoisotopic (exact) mass is 195 g/mol. The predicted molar refractivity (Wildman–Crippen MR) is 54.0 cm³/mol. The summed E-state index contributed by atoms with van der Waals surface area (Å²) in [7, 11) is 3.57. The molecular formula is C11H14FNO. The standard InChI is InChI=1S/C11H14FNO/c1-8-4-5-10(12)9(6-8)11(14)7-13(2)3/h4-6H,7H2,1-3H3. The molecule has 0 unspecified atom stereocenters. The lowest BCUT2D eigenvalue weighted by Crippen LogP contribution is -2.22. The summed E-state index contributed by atoms with van der Waals surface area (Å²) in [5.74, 6) is -0.626. The average Bonchev–Trinajstić information content (AvgIpc) is 2.08. The molecular weight excluding hydrogens is 181 g/mol. The van der Waals surface area contributed by atoms with Crippen molar-refractivity contribution in [1.29, 1.82) is 0 Å². The number of carbonyl (C=O) groups is 1. The number of rotatable bonds is 3. The second-order valence-electron chi connectivity index (χ2n) is 3.64. The predicted octanol–water partition coefficient (Wildman–Crippen LogP) is 1.88. The fourth-order valence-electron chi connectivity index (χ4n) is 1.23. The number of ketones is 1. The number of nitrogens with zero attached hydrogens (tertiary/aromatic N) is 1. The molecule has 1 aromatic carbocycles. The third-order valence-corrected chi connectivity index (χ3v) is 1.88. The minimum Gasteiger partial charge on any atom is -0.302 e. The lowest BCUT2D eigenvalue weighted by molar-refractivity contribution is 0.0954. The molecule has 0 aliphatic carbocycles. The first-order valence-corrected chi connectivity index (χ1v) is 4.45. The van der Waals surface area contributed by atoms with Crippen LogP contribution in [-0.2, 0) is 0 Å². The molecule has 0 saturated carbocycles. The van der Waals surface area contributed by atoms with Crippen LogP contribution in [0.5, 0.6) is 0 Å². The maximum Gasteiger partial charge on any atom is 0.179 e. The van der Waals surface area contributed by atoms with Crippen molar-refractivity contribution in [2.75, 3.05) is 20.6 Å². The van der Waals surface area contributed by atoms with E-state index in [2.05, 4.69) is 0 Å². The van der Waals surface area contributed by atoms with E-state index in [1.165, 1.54) is 6.07 Å². The van der Waals surface area contributed by atoms with Gasteiger partial charge in [0.2, 0.25) is 0 Å². The Morgan fingerprint density at radius 1 is 1.43 bits per heavy atom. The van der Waals surface area contributed by atoms with Crippen molar-refractivity contribution >= 4 is 5.78 Å². The highest BCUT2D eigenvalue weighted by Gasteiger charge is 2.12. The van der Waals surface area contributed by atoms with Crippen LogP contribution in [0.25, 0.3) is 0 Å². The Kier molecular flexibility index (Phi) is 3.36. The summed E-state index contributed by atoms with van der Waals surface area (Å²) in [5, 5.41) is 0. The van der Waals surface area contributed by atoms with Crippen LogP contribution in [0.15, 0.2) is 18.2 Å². The highest BCUT2D eigenvalue weighted by molar-refractivity contribution is 5.97. The van der Waals surface area contributed by atoms with Crippen molar-refractivity contribution < 1.29 is 9.18 Å². The Labute approximate surface area is 83.3 Å². The molecule has 0 bridgehead atoms. The number of hydrogen-bond donors (Lipinski definition) is 0. The molecule has 14 heavy (non-hydrogen) atoms. The van der Waals surface area contributed by atoms with Gasteiger partial charge in [0.25, 0.3) is 0 Å². The third kappa shape index (κ3) is 2.64. The maximum absolute atomic E-state index is 13.2. The summed E-state index contributed by atoms with van der Waals surface area (Å²) in [6.07, 6.45) is 0. The molecule has 3 heteroatoms. The van der Waals surface area contributed by atoms with E-state index in [9.17, 15) is 9.18 Å². The van der Waals surface area contributed by atoms with Gasteiger partial charge in [0.15, 0.2) is 5.78 Å². The highest BCUT2D eigenvalue weighted by atomic mass is 19.1. The van der Waals surface area contributed by atoms with Crippen LogP contribution in [0.2, 0.25) is 0 Å². The van der Waals surface area contributed by atoms with E-state index in [1.807, 2.05) is 6.92 Å². The molecule has 0 heterocycles. The van der Waals surface area contributed by atoms with Crippen molar-refractivity contribution in [2.45, 2.75) is 6.92 Å². The molecule has 1 rings (SSSR count). The molecule has 0 saturated heterocycles. The topological polar surface area (TPSA) is 20.3 Å². The maximum atomic E-state index is 13.2. The molecule has 0 radical (unpaired) electrons. The molecule has 0 aliphatic rings. The van der Waals surface area contributed by atoms with Gasteiger partial charge in [-0.25, -0.2) is 4.39 Å². The molecule has 0 atom stereocenters. The molecule has 0 N–H and O–H groups in total. The molecule has 0 aromatic heterocycles. The molecule has 0 aliphatic heterocycles. The van der Waals surface area contributed by atoms with Crippen LogP contribution in [0.3, 0.4) is 0 Å². The van der Waals surface area contributed by atoms with Crippen molar-refractivity contribution in [3.63, 3.8) is 0 Å². The van der Waals surface area contributed by atoms with E-state index in [4.69, 9.17) is 0 Å². The lowest BCUT2D eigenvalue weighted by atomic mass is 10.1. The number of likely N-dealkylation sites (N-methyl/N-ethyl adjacent to an activating group) is 1. The van der Waals surface area contributed by atoms with Crippen LogP contribution in [0, 0.1) is 12.7 Å². The van der Waals surface area contributed by atoms with E-state index in [0.29, 0.717) is 0 Å². The summed E-state index contributed by atoms with van der Waals surface area (Å²) >= 11 is 0. The zero-order valence-corrected chi connectivity index (χ0v) is 8.67. The Bertz CT molecular complexity index is 347. The van der Waals surface area contributed by atoms with Crippen molar-refractivity contribution in [3.8, 4) is 0 Å². The summed E-state index contributed by atoms with van der Waals surface area (Å²) in [6, 6.07) is 4.57. The van der Waals surface area contributed by atoms with Crippen LogP contribution >= 0.6 is 0 Å². The molecule has 2 nitrogen and oxygen atoms in total. The van der Waals surface area contributed by atoms with Gasteiger partial charge in [-0.2, -0.15) is 0 Å². The number of benzene rings is 1. The third-order valence-electron chi connectivity index (χ3n) is 1.88. The van der Waals surface area contributed by atoms with Crippen LogP contribution < -0.4 is 0 Å². The zero-order chi connectivity index (χ0) is 10.7. The van der Waals surface area contributed by atoms with Crippen molar-refractivity contribution in [3.05, 3.63) is 35.1 Å². The fraction of sp³-hybridized carbons (Fsp3) is 0.364. The number of aryl methyl sites for hydroxylation is 1. The first kappa shape index (κ1) is 10.9. The van der Waals surface area contributed by atoms with E-state index in [0.717, 1.165) is 5.56 Å². The van der Waals surface area contributed by atoms with Crippen molar-refractivity contribution in [2.24, 2.45) is 0 Å².